The molecule has 0 nitrogen and oxygen atoms in total. The van der Waals surface area contributed by atoms with Crippen LogP contribution in [-0.4, -0.2) is 19.3 Å². The lowest BCUT2D eigenvalue weighted by atomic mass is 10.6. The summed E-state index contributed by atoms with van der Waals surface area (Å²) in [6.07, 6.45) is 0. The van der Waals surface area contributed by atoms with E-state index in [-0.39, 0.29) is 31.7 Å². The van der Waals surface area contributed by atoms with E-state index < -0.39 is 0 Å². The molecule has 0 heterocycles. The molecular formula is C3H8Cl2Mg. The van der Waals surface area contributed by atoms with Gasteiger partial charge in [-0.2, -0.15) is 0 Å². The van der Waals surface area contributed by atoms with Gasteiger partial charge in [0, 0.05) is 0 Å². The van der Waals surface area contributed by atoms with E-state index in [4.69, 9.17) is 9.07 Å². The van der Waals surface area contributed by atoms with E-state index in [2.05, 4.69) is 13.8 Å². The van der Waals surface area contributed by atoms with Gasteiger partial charge in [-0.3, -0.25) is 0 Å². The van der Waals surface area contributed by atoms with Crippen molar-refractivity contribution in [3.05, 3.63) is 0 Å². The molecule has 36 valence electrons. The molecule has 0 aromatic heterocycles. The second-order valence-electron chi connectivity index (χ2n) is 1.55. The van der Waals surface area contributed by atoms with Crippen LogP contribution in [0.15, 0.2) is 0 Å². The predicted octanol–water partition coefficient (Wildman–Crippen LogP) is 2.09. The van der Waals surface area contributed by atoms with Gasteiger partial charge in [-0.15, -0.1) is 16.5 Å². The second-order valence-corrected chi connectivity index (χ2v) is 4.42. The van der Waals surface area contributed by atoms with Gasteiger partial charge in [-0.05, 0) is 0 Å². The molecule has 3 heteroatoms. The summed E-state index contributed by atoms with van der Waals surface area (Å²) in [6, 6.07) is 0. The highest BCUT2D eigenvalue weighted by Gasteiger charge is 1.92. The molecule has 0 saturated heterocycles. The van der Waals surface area contributed by atoms with Crippen LogP contribution in [0.25, 0.3) is 0 Å². The summed E-state index contributed by atoms with van der Waals surface area (Å²) < 4.78 is 0.789. The molecule has 0 aromatic carbocycles. The summed E-state index contributed by atoms with van der Waals surface area (Å²) in [7, 11) is 5.48. The largest absolute Gasteiger partial charge is 0.503 e. The Kier molecular flexibility index (Phi) is 10.9. The quantitative estimate of drug-likeness (QED) is 0.488. The van der Waals surface area contributed by atoms with Crippen LogP contribution in [0.5, 0.6) is 0 Å². The van der Waals surface area contributed by atoms with Crippen LogP contribution in [0.2, 0.25) is 4.05 Å². The first-order valence-electron chi connectivity index (χ1n) is 1.83. The number of hydrogen-bond acceptors (Lipinski definition) is 0. The lowest BCUT2D eigenvalue weighted by molar-refractivity contribution is 1.07. The first kappa shape index (κ1) is 10.4. The van der Waals surface area contributed by atoms with E-state index in [1.807, 2.05) is 0 Å². The molecular weight excluding hydrogens is 131 g/mol. The second kappa shape index (κ2) is 6.35. The Morgan fingerprint density at radius 3 is 1.67 bits per heavy atom. The smallest absolute Gasteiger partial charge is 0.346 e. The van der Waals surface area contributed by atoms with Crippen molar-refractivity contribution in [3.63, 3.8) is 0 Å². The molecule has 0 unspecified atom stereocenters. The zero-order valence-electron chi connectivity index (χ0n) is 4.07. The molecule has 0 bridgehead atoms. The molecule has 0 rings (SSSR count). The molecule has 0 N–H and O–H groups in total. The Labute approximate surface area is 58.5 Å². The third kappa shape index (κ3) is 9.02. The third-order valence-electron chi connectivity index (χ3n) is 0.309. The van der Waals surface area contributed by atoms with E-state index in [0.29, 0.717) is 0 Å². The number of hydrogen-bond donors (Lipinski definition) is 0. The van der Waals surface area contributed by atoms with E-state index in [1.165, 1.54) is 0 Å². The molecule has 0 aliphatic carbocycles. The Hall–Kier alpha value is 1.35. The highest BCUT2D eigenvalue weighted by molar-refractivity contribution is 6.94. The SMILES string of the molecule is C[CH](C)[Mg][Cl].Cl. The fourth-order valence-corrected chi connectivity index (χ4v) is 0. The van der Waals surface area contributed by atoms with E-state index in [0.717, 1.165) is 4.05 Å². The minimum absolute atomic E-state index is 0. The van der Waals surface area contributed by atoms with Crippen molar-refractivity contribution in [1.29, 1.82) is 0 Å². The topological polar surface area (TPSA) is 0 Å². The zero-order valence-corrected chi connectivity index (χ0v) is 7.06. The molecule has 0 radical (unpaired) electrons. The van der Waals surface area contributed by atoms with Gasteiger partial charge in [-0.25, -0.2) is 0 Å². The monoisotopic (exact) mass is 138 g/mol. The Bertz CT molecular complexity index is 22.8. The number of halogens is 2. The summed E-state index contributed by atoms with van der Waals surface area (Å²) in [5.41, 5.74) is 0. The minimum Gasteiger partial charge on any atom is -0.346 e. The Morgan fingerprint density at radius 2 is 1.67 bits per heavy atom. The van der Waals surface area contributed by atoms with Crippen molar-refractivity contribution in [1.82, 2.24) is 0 Å². The first-order valence-corrected chi connectivity index (χ1v) is 4.78. The Morgan fingerprint density at radius 1 is 1.50 bits per heavy atom. The molecule has 0 aromatic rings. The molecule has 0 atom stereocenters. The molecule has 0 aliphatic rings. The lowest BCUT2D eigenvalue weighted by Gasteiger charge is -1.85. The molecule has 0 amide bonds. The molecule has 0 spiro atoms. The highest BCUT2D eigenvalue weighted by atomic mass is 35.5. The maximum atomic E-state index is 5.48. The van der Waals surface area contributed by atoms with Crippen LogP contribution in [0.4, 0.5) is 0 Å². The van der Waals surface area contributed by atoms with E-state index in [9.17, 15) is 0 Å². The zero-order chi connectivity index (χ0) is 4.28. The lowest BCUT2D eigenvalue weighted by Crippen LogP contribution is -1.80. The van der Waals surface area contributed by atoms with Crippen molar-refractivity contribution >= 4 is 40.7 Å². The van der Waals surface area contributed by atoms with Crippen molar-refractivity contribution in [3.8, 4) is 0 Å². The van der Waals surface area contributed by atoms with Crippen LogP contribution >= 0.6 is 21.5 Å². The molecule has 0 aliphatic heterocycles. The van der Waals surface area contributed by atoms with Gasteiger partial charge in [0.15, 0.2) is 0 Å². The number of rotatable bonds is 1. The Balaban J connectivity index is 0. The molecule has 0 saturated carbocycles. The van der Waals surface area contributed by atoms with Crippen molar-refractivity contribution in [2.45, 2.75) is 17.9 Å². The van der Waals surface area contributed by atoms with Crippen LogP contribution < -0.4 is 0 Å². The standard InChI is InChI=1S/C3H7.2ClH.Mg/c1-3-2;;;/h3H,1-2H3;2*1H;/q;;;+1/p-1. The van der Waals surface area contributed by atoms with Crippen LogP contribution in [-0.2, 0) is 0 Å². The normalized spacial score (nSPS) is 6.67. The summed E-state index contributed by atoms with van der Waals surface area (Å²) in [5, 5.41) is 0. The van der Waals surface area contributed by atoms with Gasteiger partial charge in [-0.1, -0.05) is 13.8 Å². The molecule has 0 fully saturated rings. The van der Waals surface area contributed by atoms with Crippen LogP contribution in [0.1, 0.15) is 13.8 Å². The van der Waals surface area contributed by atoms with Crippen molar-refractivity contribution in [2.75, 3.05) is 0 Å². The average molecular weight is 139 g/mol. The fraction of sp³-hybridized carbons (Fsp3) is 1.00. The van der Waals surface area contributed by atoms with Crippen molar-refractivity contribution < 1.29 is 0 Å². The average Bonchev–Trinajstić information content (AvgIpc) is 1.38. The van der Waals surface area contributed by atoms with Gasteiger partial charge in [0.05, 0.1) is 0 Å². The van der Waals surface area contributed by atoms with Crippen molar-refractivity contribution in [2.24, 2.45) is 0 Å². The fourth-order valence-electron chi connectivity index (χ4n) is 0. The minimum atomic E-state index is -0.179. The van der Waals surface area contributed by atoms with Crippen LogP contribution in [0.3, 0.4) is 0 Å². The van der Waals surface area contributed by atoms with Gasteiger partial charge >= 0.3 is 19.3 Å². The highest BCUT2D eigenvalue weighted by Crippen LogP contribution is 1.96. The maximum Gasteiger partial charge on any atom is 0.503 e. The first-order chi connectivity index (χ1) is 2.27. The summed E-state index contributed by atoms with van der Waals surface area (Å²) >= 11 is -0.179. The molecule has 6 heavy (non-hydrogen) atoms. The van der Waals surface area contributed by atoms with E-state index >= 15 is 0 Å². The van der Waals surface area contributed by atoms with E-state index in [1.54, 1.807) is 0 Å². The van der Waals surface area contributed by atoms with Gasteiger partial charge in [0.1, 0.15) is 0 Å². The summed E-state index contributed by atoms with van der Waals surface area (Å²) in [6.45, 7) is 4.30. The maximum absolute atomic E-state index is 5.48. The van der Waals surface area contributed by atoms with Crippen LogP contribution in [0, 0.1) is 0 Å². The summed E-state index contributed by atoms with van der Waals surface area (Å²) in [4.78, 5) is 0. The summed E-state index contributed by atoms with van der Waals surface area (Å²) in [5.74, 6) is 0. The van der Waals surface area contributed by atoms with Gasteiger partial charge in [0.25, 0.3) is 0 Å². The predicted molar refractivity (Wildman–Crippen MR) is 34.0 cm³/mol. The third-order valence-corrected chi connectivity index (χ3v) is 2.78. The van der Waals surface area contributed by atoms with Gasteiger partial charge < -0.3 is 9.07 Å². The van der Waals surface area contributed by atoms with Gasteiger partial charge in [0.2, 0.25) is 0 Å².